The first-order valence-electron chi connectivity index (χ1n) is 12.3. The van der Waals surface area contributed by atoms with Crippen molar-refractivity contribution in [1.82, 2.24) is 9.80 Å². The summed E-state index contributed by atoms with van der Waals surface area (Å²) in [6, 6.07) is 6.00. The van der Waals surface area contributed by atoms with Gasteiger partial charge in [-0.05, 0) is 63.1 Å². The Hall–Kier alpha value is -1.88. The third-order valence-electron chi connectivity index (χ3n) is 7.62. The van der Waals surface area contributed by atoms with E-state index in [0.29, 0.717) is 24.4 Å². The molecule has 3 fully saturated rings. The van der Waals surface area contributed by atoms with Gasteiger partial charge in [0.2, 0.25) is 0 Å². The number of anilines is 1. The topological polar surface area (TPSA) is 36.0 Å². The van der Waals surface area contributed by atoms with Crippen LogP contribution in [0, 0.1) is 0 Å². The van der Waals surface area contributed by atoms with Gasteiger partial charge in [-0.15, -0.1) is 0 Å². The number of nitrogens with zero attached hydrogens (tertiary/aromatic N) is 3. The highest BCUT2D eigenvalue weighted by molar-refractivity contribution is 6.34. The van der Waals surface area contributed by atoms with Crippen molar-refractivity contribution in [3.05, 3.63) is 28.8 Å². The van der Waals surface area contributed by atoms with Crippen LogP contribution < -0.4 is 4.90 Å². The lowest BCUT2D eigenvalue weighted by atomic mass is 9.85. The van der Waals surface area contributed by atoms with Crippen LogP contribution in [0.25, 0.3) is 0 Å². The van der Waals surface area contributed by atoms with E-state index < -0.39 is 24.5 Å². The highest BCUT2D eigenvalue weighted by Crippen LogP contribution is 2.42. The summed E-state index contributed by atoms with van der Waals surface area (Å²) in [6.45, 7) is 3.38. The molecule has 0 aromatic heterocycles. The molecule has 0 radical (unpaired) electrons. The van der Waals surface area contributed by atoms with Crippen molar-refractivity contribution >= 4 is 23.4 Å². The smallest absolute Gasteiger partial charge is 0.426 e. The van der Waals surface area contributed by atoms with Crippen LogP contribution in [0.2, 0.25) is 5.02 Å². The summed E-state index contributed by atoms with van der Waals surface area (Å²) in [5.41, 5.74) is 1.72. The van der Waals surface area contributed by atoms with E-state index in [0.717, 1.165) is 61.5 Å². The van der Waals surface area contributed by atoms with Gasteiger partial charge in [-0.2, -0.15) is 26.3 Å². The number of carbonyl (C=O) groups excluding carboxylic acids is 1. The van der Waals surface area contributed by atoms with E-state index >= 15 is 0 Å². The Bertz CT molecular complexity index is 913. The second-order valence-electron chi connectivity index (χ2n) is 9.88. The summed E-state index contributed by atoms with van der Waals surface area (Å²) < 4.78 is 80.6. The van der Waals surface area contributed by atoms with Gasteiger partial charge in [-0.1, -0.05) is 23.7 Å². The molecule has 0 saturated carbocycles. The first-order chi connectivity index (χ1) is 16.9. The number of hydrogen-bond acceptors (Lipinski definition) is 4. The van der Waals surface area contributed by atoms with E-state index in [1.165, 1.54) is 6.42 Å². The summed E-state index contributed by atoms with van der Waals surface area (Å²) in [5, 5.41) is 0.716. The van der Waals surface area contributed by atoms with E-state index in [2.05, 4.69) is 14.5 Å². The van der Waals surface area contributed by atoms with Crippen molar-refractivity contribution in [1.29, 1.82) is 0 Å². The Morgan fingerprint density at radius 2 is 1.56 bits per heavy atom. The van der Waals surface area contributed by atoms with E-state index in [1.807, 2.05) is 18.2 Å². The van der Waals surface area contributed by atoms with Gasteiger partial charge in [0.15, 0.2) is 0 Å². The number of carbonyl (C=O) groups is 1. The standard InChI is InChI=1S/C24H30ClF6N3O2/c25-19-17(6-4-7-18(19)32-11-2-1-3-12-32)16-34-13-5-8-22(34)9-14-33(15-10-22)21(35)36-20(23(26,27)28)24(29,30)31/h4,6-7,20H,1-3,5,8-16H2. The van der Waals surface area contributed by atoms with Crippen molar-refractivity contribution in [3.63, 3.8) is 0 Å². The van der Waals surface area contributed by atoms with Crippen molar-refractivity contribution in [3.8, 4) is 0 Å². The summed E-state index contributed by atoms with van der Waals surface area (Å²) in [4.78, 5) is 17.7. The molecule has 0 N–H and O–H groups in total. The molecule has 1 amide bonds. The summed E-state index contributed by atoms with van der Waals surface area (Å²) in [6.07, 6.45) is -11.1. The van der Waals surface area contributed by atoms with Gasteiger partial charge in [0.1, 0.15) is 0 Å². The molecule has 0 atom stereocenters. The second kappa shape index (κ2) is 10.5. The molecule has 3 aliphatic heterocycles. The summed E-state index contributed by atoms with van der Waals surface area (Å²) in [5.74, 6) is 0. The number of ether oxygens (including phenoxy) is 1. The first-order valence-corrected chi connectivity index (χ1v) is 12.6. The Labute approximate surface area is 211 Å². The highest BCUT2D eigenvalue weighted by atomic mass is 35.5. The van der Waals surface area contributed by atoms with Gasteiger partial charge < -0.3 is 14.5 Å². The maximum atomic E-state index is 12.8. The van der Waals surface area contributed by atoms with Crippen LogP contribution in [0.5, 0.6) is 0 Å². The molecule has 12 heteroatoms. The fourth-order valence-corrected chi connectivity index (χ4v) is 5.99. The van der Waals surface area contributed by atoms with E-state index in [4.69, 9.17) is 11.6 Å². The Balaban J connectivity index is 1.40. The van der Waals surface area contributed by atoms with Gasteiger partial charge in [0, 0.05) is 38.3 Å². The zero-order valence-corrected chi connectivity index (χ0v) is 20.6. The van der Waals surface area contributed by atoms with Crippen LogP contribution in [0.1, 0.15) is 50.5 Å². The molecule has 1 aromatic rings. The van der Waals surface area contributed by atoms with Crippen LogP contribution >= 0.6 is 11.6 Å². The van der Waals surface area contributed by atoms with Crippen LogP contribution in [-0.2, 0) is 11.3 Å². The number of likely N-dealkylation sites (tertiary alicyclic amines) is 2. The number of amides is 1. The van der Waals surface area contributed by atoms with Crippen LogP contribution in [0.4, 0.5) is 36.8 Å². The molecule has 3 saturated heterocycles. The number of rotatable bonds is 4. The Kier molecular flexibility index (Phi) is 7.90. The molecule has 1 spiro atoms. The van der Waals surface area contributed by atoms with Crippen molar-refractivity contribution in [2.45, 2.75) is 75.5 Å². The lowest BCUT2D eigenvalue weighted by molar-refractivity contribution is -0.308. The normalized spacial score (nSPS) is 21.4. The molecule has 4 rings (SSSR count). The van der Waals surface area contributed by atoms with Gasteiger partial charge in [-0.25, -0.2) is 4.79 Å². The van der Waals surface area contributed by atoms with Crippen molar-refractivity contribution in [2.75, 3.05) is 37.6 Å². The molecular formula is C24H30ClF6N3O2. The third kappa shape index (κ3) is 5.82. The monoisotopic (exact) mass is 541 g/mol. The second-order valence-corrected chi connectivity index (χ2v) is 10.3. The Morgan fingerprint density at radius 1 is 0.917 bits per heavy atom. The van der Waals surface area contributed by atoms with Crippen LogP contribution in [-0.4, -0.2) is 72.6 Å². The summed E-state index contributed by atoms with van der Waals surface area (Å²) >= 11 is 6.81. The SMILES string of the molecule is O=C(OC(C(F)(F)F)C(F)(F)F)N1CCC2(CCCN2Cc2cccc(N3CCCCC3)c2Cl)CC1. The average molecular weight is 542 g/mol. The maximum absolute atomic E-state index is 12.8. The van der Waals surface area contributed by atoms with Gasteiger partial charge in [-0.3, -0.25) is 4.90 Å². The molecule has 3 aliphatic rings. The number of hydrogen-bond donors (Lipinski definition) is 0. The molecule has 1 aromatic carbocycles. The van der Waals surface area contributed by atoms with E-state index in [9.17, 15) is 31.1 Å². The molecule has 3 heterocycles. The van der Waals surface area contributed by atoms with E-state index in [1.54, 1.807) is 0 Å². The predicted octanol–water partition coefficient (Wildman–Crippen LogP) is 6.39. The number of piperidine rings is 2. The van der Waals surface area contributed by atoms with Crippen molar-refractivity contribution < 1.29 is 35.9 Å². The van der Waals surface area contributed by atoms with Crippen LogP contribution in [0.3, 0.4) is 0 Å². The molecule has 5 nitrogen and oxygen atoms in total. The fourth-order valence-electron chi connectivity index (χ4n) is 5.68. The number of benzene rings is 1. The quantitative estimate of drug-likeness (QED) is 0.414. The molecule has 0 aliphatic carbocycles. The number of halogens is 7. The van der Waals surface area contributed by atoms with Gasteiger partial charge >= 0.3 is 18.4 Å². The molecule has 0 unspecified atom stereocenters. The minimum absolute atomic E-state index is 0.0271. The first kappa shape index (κ1) is 27.2. The Morgan fingerprint density at radius 3 is 2.17 bits per heavy atom. The lowest BCUT2D eigenvalue weighted by Crippen LogP contribution is -2.54. The zero-order valence-electron chi connectivity index (χ0n) is 19.8. The third-order valence-corrected chi connectivity index (χ3v) is 8.06. The lowest BCUT2D eigenvalue weighted by Gasteiger charge is -2.45. The minimum Gasteiger partial charge on any atom is -0.426 e. The summed E-state index contributed by atoms with van der Waals surface area (Å²) in [7, 11) is 0. The highest BCUT2D eigenvalue weighted by Gasteiger charge is 2.60. The molecule has 0 bridgehead atoms. The van der Waals surface area contributed by atoms with Crippen molar-refractivity contribution in [2.24, 2.45) is 0 Å². The molecule has 202 valence electrons. The molecule has 36 heavy (non-hydrogen) atoms. The largest absolute Gasteiger partial charge is 0.434 e. The van der Waals surface area contributed by atoms with Gasteiger partial charge in [0.25, 0.3) is 6.10 Å². The predicted molar refractivity (Wildman–Crippen MR) is 123 cm³/mol. The minimum atomic E-state index is -5.73. The zero-order chi connectivity index (χ0) is 26.1. The van der Waals surface area contributed by atoms with E-state index in [-0.39, 0.29) is 18.6 Å². The number of alkyl halides is 6. The maximum Gasteiger partial charge on any atom is 0.434 e. The average Bonchev–Trinajstić information content (AvgIpc) is 3.19. The van der Waals surface area contributed by atoms with Crippen LogP contribution in [0.15, 0.2) is 18.2 Å². The molecular weight excluding hydrogens is 512 g/mol. The fraction of sp³-hybridized carbons (Fsp3) is 0.708. The van der Waals surface area contributed by atoms with Gasteiger partial charge in [0.05, 0.1) is 10.7 Å².